The van der Waals surface area contributed by atoms with Crippen molar-refractivity contribution in [2.75, 3.05) is 11.9 Å². The third kappa shape index (κ3) is 2.90. The van der Waals surface area contributed by atoms with Crippen molar-refractivity contribution in [2.45, 2.75) is 20.3 Å². The number of hydrogen-bond acceptors (Lipinski definition) is 3. The lowest BCUT2D eigenvalue weighted by molar-refractivity contribution is -0.114. The molecule has 0 aliphatic heterocycles. The molecule has 1 amide bonds. The molecule has 0 heterocycles. The van der Waals surface area contributed by atoms with Gasteiger partial charge in [0.25, 0.3) is 0 Å². The number of anilines is 1. The number of benzene rings is 1. The van der Waals surface area contributed by atoms with E-state index in [1.165, 1.54) is 6.92 Å². The molecule has 1 aromatic rings. The number of hydrogen-bond donors (Lipinski definition) is 2. The quantitative estimate of drug-likeness (QED) is 0.755. The number of Topliss-reactive ketones (excluding diaryl/α,β-unsaturated/α-hetero) is 1. The maximum absolute atomic E-state index is 11.8. The van der Waals surface area contributed by atoms with Crippen molar-refractivity contribution in [3.8, 4) is 0 Å². The van der Waals surface area contributed by atoms with Crippen LogP contribution in [0.5, 0.6) is 0 Å². The van der Waals surface area contributed by atoms with Gasteiger partial charge in [-0.2, -0.15) is 0 Å². The second-order valence-corrected chi connectivity index (χ2v) is 3.64. The molecule has 0 saturated heterocycles. The third-order valence-electron chi connectivity index (χ3n) is 2.25. The molecule has 1 rings (SSSR count). The maximum atomic E-state index is 11.8. The zero-order valence-electron chi connectivity index (χ0n) is 9.54. The average Bonchev–Trinajstić information content (AvgIpc) is 2.20. The largest absolute Gasteiger partial charge is 0.330 e. The highest BCUT2D eigenvalue weighted by molar-refractivity contribution is 6.05. The Kier molecular flexibility index (Phi) is 4.19. The molecule has 0 saturated carbocycles. The van der Waals surface area contributed by atoms with Crippen LogP contribution in [0.25, 0.3) is 0 Å². The maximum Gasteiger partial charge on any atom is 0.221 e. The minimum Gasteiger partial charge on any atom is -0.330 e. The van der Waals surface area contributed by atoms with Gasteiger partial charge in [0.1, 0.15) is 0 Å². The summed E-state index contributed by atoms with van der Waals surface area (Å²) in [6.45, 7) is 3.58. The number of nitrogens with one attached hydrogen (secondary N) is 1. The highest BCUT2D eigenvalue weighted by atomic mass is 16.1. The molecule has 0 unspecified atom stereocenters. The molecule has 0 aliphatic rings. The van der Waals surface area contributed by atoms with Crippen LogP contribution in [0.15, 0.2) is 18.2 Å². The van der Waals surface area contributed by atoms with Gasteiger partial charge in [0.05, 0.1) is 5.69 Å². The summed E-state index contributed by atoms with van der Waals surface area (Å²) in [7, 11) is 0. The molecule has 4 heteroatoms. The molecular formula is C12H16N2O2. The Morgan fingerprint density at radius 3 is 2.62 bits per heavy atom. The van der Waals surface area contributed by atoms with Crippen LogP contribution in [0, 0.1) is 6.92 Å². The molecule has 86 valence electrons. The summed E-state index contributed by atoms with van der Waals surface area (Å²) in [6, 6.07) is 5.35. The Labute approximate surface area is 94.8 Å². The smallest absolute Gasteiger partial charge is 0.221 e. The van der Waals surface area contributed by atoms with Crippen LogP contribution in [0.3, 0.4) is 0 Å². The lowest BCUT2D eigenvalue weighted by atomic mass is 10.0. The van der Waals surface area contributed by atoms with Crippen LogP contribution in [-0.2, 0) is 4.79 Å². The number of para-hydroxylation sites is 1. The van der Waals surface area contributed by atoms with Crippen molar-refractivity contribution in [3.05, 3.63) is 29.3 Å². The fourth-order valence-electron chi connectivity index (χ4n) is 1.51. The minimum absolute atomic E-state index is 0.0463. The van der Waals surface area contributed by atoms with E-state index in [4.69, 9.17) is 5.73 Å². The van der Waals surface area contributed by atoms with Crippen LogP contribution in [-0.4, -0.2) is 18.2 Å². The van der Waals surface area contributed by atoms with Gasteiger partial charge in [-0.3, -0.25) is 9.59 Å². The Balaban J connectivity index is 3.11. The van der Waals surface area contributed by atoms with Gasteiger partial charge >= 0.3 is 0 Å². The monoisotopic (exact) mass is 220 g/mol. The number of ketones is 1. The number of carbonyl (C=O) groups excluding carboxylic acids is 2. The molecule has 0 atom stereocenters. The third-order valence-corrected chi connectivity index (χ3v) is 2.25. The molecule has 1 aromatic carbocycles. The number of amides is 1. The first kappa shape index (κ1) is 12.4. The first-order valence-electron chi connectivity index (χ1n) is 5.16. The van der Waals surface area contributed by atoms with E-state index in [9.17, 15) is 9.59 Å². The van der Waals surface area contributed by atoms with E-state index in [0.717, 1.165) is 5.56 Å². The molecule has 0 aliphatic carbocycles. The summed E-state index contributed by atoms with van der Waals surface area (Å²) < 4.78 is 0. The lowest BCUT2D eigenvalue weighted by Crippen LogP contribution is -2.14. The zero-order valence-corrected chi connectivity index (χ0v) is 9.54. The molecule has 3 N–H and O–H groups in total. The van der Waals surface area contributed by atoms with Crippen LogP contribution in [0.1, 0.15) is 29.3 Å². The van der Waals surface area contributed by atoms with Crippen LogP contribution in [0.2, 0.25) is 0 Å². The lowest BCUT2D eigenvalue weighted by Gasteiger charge is -2.11. The van der Waals surface area contributed by atoms with Gasteiger partial charge in [-0.15, -0.1) is 0 Å². The predicted molar refractivity (Wildman–Crippen MR) is 63.5 cm³/mol. The number of rotatable bonds is 4. The normalized spacial score (nSPS) is 9.94. The van der Waals surface area contributed by atoms with E-state index in [2.05, 4.69) is 5.32 Å². The Morgan fingerprint density at radius 2 is 2.06 bits per heavy atom. The molecule has 16 heavy (non-hydrogen) atoms. The van der Waals surface area contributed by atoms with Gasteiger partial charge in [0, 0.05) is 18.9 Å². The minimum atomic E-state index is -0.184. The van der Waals surface area contributed by atoms with Crippen LogP contribution >= 0.6 is 0 Å². The molecule has 0 bridgehead atoms. The van der Waals surface area contributed by atoms with E-state index in [1.807, 2.05) is 13.0 Å². The Hall–Kier alpha value is -1.68. The standard InChI is InChI=1S/C12H16N2O2/c1-8-4-3-5-10(11(16)6-7-13)12(8)14-9(2)15/h3-5H,6-7,13H2,1-2H3,(H,14,15). The second kappa shape index (κ2) is 5.42. The van der Waals surface area contributed by atoms with Gasteiger partial charge in [-0.25, -0.2) is 0 Å². The molecule has 0 fully saturated rings. The van der Waals surface area contributed by atoms with Crippen molar-refractivity contribution in [3.63, 3.8) is 0 Å². The van der Waals surface area contributed by atoms with Gasteiger partial charge in [0.2, 0.25) is 5.91 Å². The topological polar surface area (TPSA) is 72.2 Å². The molecule has 0 spiro atoms. The van der Waals surface area contributed by atoms with Gasteiger partial charge in [0.15, 0.2) is 5.78 Å². The summed E-state index contributed by atoms with van der Waals surface area (Å²) in [6.07, 6.45) is 0.288. The van der Waals surface area contributed by atoms with Crippen molar-refractivity contribution in [1.82, 2.24) is 0 Å². The van der Waals surface area contributed by atoms with Gasteiger partial charge in [-0.05, 0) is 25.1 Å². The highest BCUT2D eigenvalue weighted by Gasteiger charge is 2.13. The number of aryl methyl sites for hydroxylation is 1. The summed E-state index contributed by atoms with van der Waals surface area (Å²) in [5.74, 6) is -0.231. The van der Waals surface area contributed by atoms with Crippen molar-refractivity contribution >= 4 is 17.4 Å². The molecular weight excluding hydrogens is 204 g/mol. The first-order chi connectivity index (χ1) is 7.56. The van der Waals surface area contributed by atoms with Crippen LogP contribution < -0.4 is 11.1 Å². The van der Waals surface area contributed by atoms with Crippen LogP contribution in [0.4, 0.5) is 5.69 Å². The Bertz CT molecular complexity index is 413. The fraction of sp³-hybridized carbons (Fsp3) is 0.333. The number of nitrogens with two attached hydrogens (primary N) is 1. The zero-order chi connectivity index (χ0) is 12.1. The van der Waals surface area contributed by atoms with E-state index in [1.54, 1.807) is 12.1 Å². The summed E-state index contributed by atoms with van der Waals surface area (Å²) in [5.41, 5.74) is 7.34. The summed E-state index contributed by atoms with van der Waals surface area (Å²) >= 11 is 0. The molecule has 0 aromatic heterocycles. The van der Waals surface area contributed by atoms with E-state index in [0.29, 0.717) is 17.8 Å². The predicted octanol–water partition coefficient (Wildman–Crippen LogP) is 1.48. The second-order valence-electron chi connectivity index (χ2n) is 3.64. The van der Waals surface area contributed by atoms with Gasteiger partial charge in [-0.1, -0.05) is 12.1 Å². The first-order valence-corrected chi connectivity index (χ1v) is 5.16. The summed E-state index contributed by atoms with van der Waals surface area (Å²) in [5, 5.41) is 2.68. The average molecular weight is 220 g/mol. The Morgan fingerprint density at radius 1 is 1.38 bits per heavy atom. The van der Waals surface area contributed by atoms with E-state index < -0.39 is 0 Å². The van der Waals surface area contributed by atoms with Crippen molar-refractivity contribution < 1.29 is 9.59 Å². The highest BCUT2D eigenvalue weighted by Crippen LogP contribution is 2.21. The number of carbonyl (C=O) groups is 2. The van der Waals surface area contributed by atoms with E-state index in [-0.39, 0.29) is 18.1 Å². The van der Waals surface area contributed by atoms with Crippen molar-refractivity contribution in [2.24, 2.45) is 5.73 Å². The molecule has 0 radical (unpaired) electrons. The van der Waals surface area contributed by atoms with Gasteiger partial charge < -0.3 is 11.1 Å². The molecule has 4 nitrogen and oxygen atoms in total. The van der Waals surface area contributed by atoms with E-state index >= 15 is 0 Å². The fourth-order valence-corrected chi connectivity index (χ4v) is 1.51. The summed E-state index contributed by atoms with van der Waals surface area (Å²) in [4.78, 5) is 22.8. The van der Waals surface area contributed by atoms with Crippen molar-refractivity contribution in [1.29, 1.82) is 0 Å². The SMILES string of the molecule is CC(=O)Nc1c(C)cccc1C(=O)CCN.